The van der Waals surface area contributed by atoms with Crippen LogP contribution in [0.25, 0.3) is 0 Å². The highest BCUT2D eigenvalue weighted by Crippen LogP contribution is 2.29. The topological polar surface area (TPSA) is 21.3 Å². The molecule has 0 spiro atoms. The third kappa shape index (κ3) is 5.32. The molecule has 0 amide bonds. The number of benzene rings is 1. The van der Waals surface area contributed by atoms with Crippen LogP contribution in [0.2, 0.25) is 0 Å². The first kappa shape index (κ1) is 14.9. The molecular weight excluding hydrogens is 298 g/mol. The molecule has 1 aromatic rings. The quantitative estimate of drug-likeness (QED) is 0.739. The van der Waals surface area contributed by atoms with Gasteiger partial charge < -0.3 is 10.1 Å². The van der Waals surface area contributed by atoms with Crippen molar-refractivity contribution >= 4 is 27.7 Å². The average molecular weight is 318 g/mol. The van der Waals surface area contributed by atoms with E-state index < -0.39 is 0 Å². The lowest BCUT2D eigenvalue weighted by Gasteiger charge is -2.13. The van der Waals surface area contributed by atoms with Crippen LogP contribution in [-0.4, -0.2) is 25.2 Å². The molecule has 1 rings (SSSR count). The fraction of sp³-hybridized carbons (Fsp3) is 0.538. The van der Waals surface area contributed by atoms with E-state index in [9.17, 15) is 0 Å². The number of para-hydroxylation sites is 1. The number of hydrogen-bond acceptors (Lipinski definition) is 3. The molecule has 0 saturated carbocycles. The molecule has 17 heavy (non-hydrogen) atoms. The largest absolute Gasteiger partial charge is 0.492 e. The molecule has 1 aromatic carbocycles. The van der Waals surface area contributed by atoms with Gasteiger partial charge in [0.25, 0.3) is 0 Å². The van der Waals surface area contributed by atoms with Crippen molar-refractivity contribution in [3.8, 4) is 5.75 Å². The van der Waals surface area contributed by atoms with E-state index in [0.717, 1.165) is 29.8 Å². The Labute approximate surface area is 117 Å². The van der Waals surface area contributed by atoms with Gasteiger partial charge in [-0.05, 0) is 47.0 Å². The molecule has 0 atom stereocenters. The Hall–Kier alpha value is -0.190. The van der Waals surface area contributed by atoms with Crippen LogP contribution >= 0.6 is 27.7 Å². The second kappa shape index (κ2) is 8.84. The second-order valence-electron chi connectivity index (χ2n) is 3.66. The summed E-state index contributed by atoms with van der Waals surface area (Å²) in [4.78, 5) is 0. The number of hydrogen-bond donors (Lipinski definition) is 1. The molecular formula is C13H20BrNOS. The van der Waals surface area contributed by atoms with Crippen molar-refractivity contribution in [3.05, 3.63) is 28.2 Å². The highest BCUT2D eigenvalue weighted by atomic mass is 79.9. The lowest BCUT2D eigenvalue weighted by atomic mass is 10.2. The van der Waals surface area contributed by atoms with Crippen LogP contribution in [0, 0.1) is 0 Å². The van der Waals surface area contributed by atoms with Crippen molar-refractivity contribution in [2.75, 3.05) is 25.2 Å². The molecule has 0 heterocycles. The zero-order chi connectivity index (χ0) is 12.5. The van der Waals surface area contributed by atoms with Gasteiger partial charge in [0.15, 0.2) is 0 Å². The van der Waals surface area contributed by atoms with E-state index in [1.54, 1.807) is 0 Å². The Balaban J connectivity index is 2.50. The molecule has 2 nitrogen and oxygen atoms in total. The van der Waals surface area contributed by atoms with E-state index in [-0.39, 0.29) is 0 Å². The first-order valence-electron chi connectivity index (χ1n) is 5.92. The van der Waals surface area contributed by atoms with Gasteiger partial charge >= 0.3 is 0 Å². The lowest BCUT2D eigenvalue weighted by Crippen LogP contribution is -2.08. The van der Waals surface area contributed by atoms with E-state index >= 15 is 0 Å². The minimum Gasteiger partial charge on any atom is -0.492 e. The summed E-state index contributed by atoms with van der Waals surface area (Å²) in [6, 6.07) is 6.16. The number of rotatable bonds is 8. The SMILES string of the molecule is CCSCCCOc1c(Br)cccc1CNC. The highest BCUT2D eigenvalue weighted by Gasteiger charge is 2.06. The third-order valence-corrected chi connectivity index (χ3v) is 3.91. The summed E-state index contributed by atoms with van der Waals surface area (Å²) in [6.45, 7) is 3.80. The monoisotopic (exact) mass is 317 g/mol. The average Bonchev–Trinajstić information content (AvgIpc) is 2.32. The Bertz CT molecular complexity index is 333. The molecule has 0 aromatic heterocycles. The molecule has 0 radical (unpaired) electrons. The van der Waals surface area contributed by atoms with E-state index in [1.807, 2.05) is 30.9 Å². The van der Waals surface area contributed by atoms with Crippen molar-refractivity contribution in [3.63, 3.8) is 0 Å². The normalized spacial score (nSPS) is 10.5. The van der Waals surface area contributed by atoms with Crippen molar-refractivity contribution in [1.82, 2.24) is 5.32 Å². The van der Waals surface area contributed by atoms with Gasteiger partial charge in [-0.2, -0.15) is 11.8 Å². The molecule has 0 aliphatic rings. The van der Waals surface area contributed by atoms with Crippen LogP contribution in [0.3, 0.4) is 0 Å². The summed E-state index contributed by atoms with van der Waals surface area (Å²) in [5.41, 5.74) is 1.20. The van der Waals surface area contributed by atoms with Crippen molar-refractivity contribution in [2.45, 2.75) is 19.9 Å². The predicted molar refractivity (Wildman–Crippen MR) is 80.0 cm³/mol. The number of thioether (sulfide) groups is 1. The maximum absolute atomic E-state index is 5.87. The Morgan fingerprint density at radius 1 is 1.41 bits per heavy atom. The van der Waals surface area contributed by atoms with Gasteiger partial charge in [-0.1, -0.05) is 19.1 Å². The third-order valence-electron chi connectivity index (χ3n) is 2.30. The smallest absolute Gasteiger partial charge is 0.137 e. The summed E-state index contributed by atoms with van der Waals surface area (Å²) in [7, 11) is 1.95. The van der Waals surface area contributed by atoms with Crippen molar-refractivity contribution in [1.29, 1.82) is 0 Å². The fourth-order valence-electron chi connectivity index (χ4n) is 1.52. The summed E-state index contributed by atoms with van der Waals surface area (Å²) in [5.74, 6) is 3.32. The second-order valence-corrected chi connectivity index (χ2v) is 5.91. The standard InChI is InChI=1S/C13H20BrNOS/c1-3-17-9-5-8-16-13-11(10-15-2)6-4-7-12(13)14/h4,6-7,15H,3,5,8-10H2,1-2H3. The molecule has 0 aliphatic heterocycles. The first-order chi connectivity index (χ1) is 8.29. The maximum Gasteiger partial charge on any atom is 0.137 e. The van der Waals surface area contributed by atoms with Gasteiger partial charge in [-0.15, -0.1) is 0 Å². The molecule has 0 aliphatic carbocycles. The van der Waals surface area contributed by atoms with Crippen LogP contribution in [0.1, 0.15) is 18.9 Å². The van der Waals surface area contributed by atoms with E-state index in [4.69, 9.17) is 4.74 Å². The van der Waals surface area contributed by atoms with Crippen LogP contribution < -0.4 is 10.1 Å². The van der Waals surface area contributed by atoms with Gasteiger partial charge in [-0.25, -0.2) is 0 Å². The molecule has 1 N–H and O–H groups in total. The van der Waals surface area contributed by atoms with E-state index in [0.29, 0.717) is 0 Å². The zero-order valence-electron chi connectivity index (χ0n) is 10.5. The van der Waals surface area contributed by atoms with Crippen LogP contribution in [-0.2, 0) is 6.54 Å². The summed E-state index contributed by atoms with van der Waals surface area (Å²) in [5, 5.41) is 3.16. The summed E-state index contributed by atoms with van der Waals surface area (Å²) in [6.07, 6.45) is 1.10. The fourth-order valence-corrected chi connectivity index (χ4v) is 2.66. The van der Waals surface area contributed by atoms with Crippen LogP contribution in [0.15, 0.2) is 22.7 Å². The Morgan fingerprint density at radius 2 is 2.24 bits per heavy atom. The molecule has 0 saturated heterocycles. The maximum atomic E-state index is 5.87. The number of ether oxygens (including phenoxy) is 1. The van der Waals surface area contributed by atoms with Gasteiger partial charge in [0, 0.05) is 12.1 Å². The molecule has 96 valence electrons. The minimum absolute atomic E-state index is 0.784. The van der Waals surface area contributed by atoms with Crippen LogP contribution in [0.4, 0.5) is 0 Å². The highest BCUT2D eigenvalue weighted by molar-refractivity contribution is 9.10. The van der Waals surface area contributed by atoms with Crippen LogP contribution in [0.5, 0.6) is 5.75 Å². The van der Waals surface area contributed by atoms with Gasteiger partial charge in [0.05, 0.1) is 11.1 Å². The zero-order valence-corrected chi connectivity index (χ0v) is 12.9. The van der Waals surface area contributed by atoms with Crippen molar-refractivity contribution in [2.24, 2.45) is 0 Å². The first-order valence-corrected chi connectivity index (χ1v) is 7.87. The van der Waals surface area contributed by atoms with Crippen molar-refractivity contribution < 1.29 is 4.74 Å². The Morgan fingerprint density at radius 3 is 2.94 bits per heavy atom. The van der Waals surface area contributed by atoms with E-state index in [2.05, 4.69) is 34.2 Å². The van der Waals surface area contributed by atoms with Gasteiger partial charge in [0.1, 0.15) is 5.75 Å². The molecule has 4 heteroatoms. The predicted octanol–water partition coefficient (Wildman–Crippen LogP) is 3.69. The lowest BCUT2D eigenvalue weighted by molar-refractivity contribution is 0.313. The number of nitrogens with one attached hydrogen (secondary N) is 1. The molecule has 0 fully saturated rings. The minimum atomic E-state index is 0.784. The molecule has 0 bridgehead atoms. The van der Waals surface area contributed by atoms with E-state index in [1.165, 1.54) is 17.1 Å². The number of halogens is 1. The van der Waals surface area contributed by atoms with Gasteiger partial charge in [0.2, 0.25) is 0 Å². The summed E-state index contributed by atoms with van der Waals surface area (Å²) >= 11 is 5.50. The summed E-state index contributed by atoms with van der Waals surface area (Å²) < 4.78 is 6.90. The van der Waals surface area contributed by atoms with Gasteiger partial charge in [-0.3, -0.25) is 0 Å². The molecule has 0 unspecified atom stereocenters. The Kier molecular flexibility index (Phi) is 7.73.